The van der Waals surface area contributed by atoms with E-state index in [-0.39, 0.29) is 27.2 Å². The van der Waals surface area contributed by atoms with Gasteiger partial charge in [0.2, 0.25) is 5.91 Å². The van der Waals surface area contributed by atoms with Crippen molar-refractivity contribution in [2.45, 2.75) is 12.5 Å². The van der Waals surface area contributed by atoms with Gasteiger partial charge in [-0.25, -0.2) is 4.39 Å². The van der Waals surface area contributed by atoms with Gasteiger partial charge in [0, 0.05) is 6.54 Å². The van der Waals surface area contributed by atoms with E-state index in [0.29, 0.717) is 13.0 Å². The molecule has 1 aliphatic heterocycles. The van der Waals surface area contributed by atoms with Gasteiger partial charge < -0.3 is 10.2 Å². The molecule has 0 aliphatic carbocycles. The van der Waals surface area contributed by atoms with Gasteiger partial charge in [0.1, 0.15) is 11.9 Å². The quantitative estimate of drug-likeness (QED) is 0.900. The highest BCUT2D eigenvalue weighted by atomic mass is 35.5. The van der Waals surface area contributed by atoms with Crippen molar-refractivity contribution in [3.05, 3.63) is 63.9 Å². The van der Waals surface area contributed by atoms with Gasteiger partial charge in [-0.05, 0) is 30.7 Å². The Morgan fingerprint density at radius 1 is 1.17 bits per heavy atom. The summed E-state index contributed by atoms with van der Waals surface area (Å²) in [6.07, 6.45) is 0.386. The lowest BCUT2D eigenvalue weighted by Crippen LogP contribution is -2.41. The monoisotopic (exact) mass is 366 g/mol. The third-order valence-electron chi connectivity index (χ3n) is 3.85. The van der Waals surface area contributed by atoms with Crippen LogP contribution < -0.4 is 10.2 Å². The number of para-hydroxylation sites is 1. The van der Waals surface area contributed by atoms with Crippen LogP contribution in [0.3, 0.4) is 0 Å². The van der Waals surface area contributed by atoms with Crippen LogP contribution in [0.25, 0.3) is 0 Å². The van der Waals surface area contributed by atoms with Crippen LogP contribution >= 0.6 is 23.2 Å². The predicted octanol–water partition coefficient (Wildman–Crippen LogP) is 3.67. The number of anilines is 1. The first-order valence-corrected chi connectivity index (χ1v) is 8.05. The molecule has 2 aromatic carbocycles. The molecule has 3 rings (SSSR count). The van der Waals surface area contributed by atoms with Crippen molar-refractivity contribution < 1.29 is 14.0 Å². The molecular formula is C17H13Cl2FN2O2. The van der Waals surface area contributed by atoms with Crippen molar-refractivity contribution in [3.63, 3.8) is 0 Å². The predicted molar refractivity (Wildman–Crippen MR) is 91.1 cm³/mol. The Hall–Kier alpha value is -2.11. The van der Waals surface area contributed by atoms with Gasteiger partial charge in [-0.1, -0.05) is 41.4 Å². The van der Waals surface area contributed by atoms with E-state index in [2.05, 4.69) is 5.32 Å². The molecule has 2 aromatic rings. The molecule has 1 aliphatic rings. The summed E-state index contributed by atoms with van der Waals surface area (Å²) < 4.78 is 13.9. The zero-order valence-corrected chi connectivity index (χ0v) is 13.9. The number of carbonyl (C=O) groups is 2. The summed E-state index contributed by atoms with van der Waals surface area (Å²) in [6.45, 7) is 0.327. The van der Waals surface area contributed by atoms with Gasteiger partial charge in [0.05, 0.1) is 21.3 Å². The minimum absolute atomic E-state index is 0.132. The van der Waals surface area contributed by atoms with Crippen LogP contribution in [0, 0.1) is 5.82 Å². The lowest BCUT2D eigenvalue weighted by atomic mass is 10.2. The molecule has 0 saturated carbocycles. The second-order valence-electron chi connectivity index (χ2n) is 5.36. The molecule has 0 aromatic heterocycles. The maximum absolute atomic E-state index is 13.9. The van der Waals surface area contributed by atoms with Crippen LogP contribution in [0.1, 0.15) is 16.8 Å². The first-order valence-electron chi connectivity index (χ1n) is 7.30. The molecule has 124 valence electrons. The Kier molecular flexibility index (Phi) is 4.73. The summed E-state index contributed by atoms with van der Waals surface area (Å²) >= 11 is 11.9. The van der Waals surface area contributed by atoms with Gasteiger partial charge in [0.15, 0.2) is 0 Å². The SMILES string of the molecule is O=C(NC1CCN(c2ccccc2F)C1=O)c1cccc(Cl)c1Cl. The van der Waals surface area contributed by atoms with Crippen molar-refractivity contribution in [2.24, 2.45) is 0 Å². The van der Waals surface area contributed by atoms with Crippen molar-refractivity contribution in [1.29, 1.82) is 0 Å². The van der Waals surface area contributed by atoms with Crippen LogP contribution in [0.5, 0.6) is 0 Å². The fourth-order valence-electron chi connectivity index (χ4n) is 2.64. The van der Waals surface area contributed by atoms with E-state index in [1.165, 1.54) is 23.1 Å². The fourth-order valence-corrected chi connectivity index (χ4v) is 3.03. The smallest absolute Gasteiger partial charge is 0.253 e. The van der Waals surface area contributed by atoms with E-state index in [1.54, 1.807) is 24.3 Å². The summed E-state index contributed by atoms with van der Waals surface area (Å²) in [5.74, 6) is -1.32. The number of carbonyl (C=O) groups excluding carboxylic acids is 2. The normalized spacial score (nSPS) is 17.2. The molecular weight excluding hydrogens is 354 g/mol. The average molecular weight is 367 g/mol. The van der Waals surface area contributed by atoms with Crippen LogP contribution in [0.2, 0.25) is 10.0 Å². The van der Waals surface area contributed by atoms with Gasteiger partial charge in [-0.2, -0.15) is 0 Å². The largest absolute Gasteiger partial charge is 0.340 e. The summed E-state index contributed by atoms with van der Waals surface area (Å²) in [4.78, 5) is 26.1. The molecule has 1 unspecified atom stereocenters. The highest BCUT2D eigenvalue weighted by Gasteiger charge is 2.35. The number of rotatable bonds is 3. The van der Waals surface area contributed by atoms with Crippen LogP contribution in [-0.2, 0) is 4.79 Å². The summed E-state index contributed by atoms with van der Waals surface area (Å²) in [5, 5.41) is 3.03. The Balaban J connectivity index is 1.76. The number of benzene rings is 2. The second kappa shape index (κ2) is 6.79. The maximum Gasteiger partial charge on any atom is 0.253 e. The standard InChI is InChI=1S/C17H13Cl2FN2O2/c18-11-5-3-4-10(15(11)19)16(23)21-13-8-9-22(17(13)24)14-7-2-1-6-12(14)20/h1-7,13H,8-9H2,(H,21,23). The Bertz CT molecular complexity index is 813. The Labute approximate surface area is 148 Å². The van der Waals surface area contributed by atoms with E-state index < -0.39 is 17.8 Å². The highest BCUT2D eigenvalue weighted by Crippen LogP contribution is 2.27. The number of hydrogen-bond donors (Lipinski definition) is 1. The number of amides is 2. The molecule has 4 nitrogen and oxygen atoms in total. The van der Waals surface area contributed by atoms with E-state index in [0.717, 1.165) is 0 Å². The van der Waals surface area contributed by atoms with Crippen molar-refractivity contribution >= 4 is 40.7 Å². The lowest BCUT2D eigenvalue weighted by molar-refractivity contribution is -0.118. The summed E-state index contributed by atoms with van der Waals surface area (Å²) in [5.41, 5.74) is 0.404. The first-order chi connectivity index (χ1) is 11.5. The molecule has 0 bridgehead atoms. The van der Waals surface area contributed by atoms with Crippen molar-refractivity contribution in [3.8, 4) is 0 Å². The Morgan fingerprint density at radius 2 is 1.92 bits per heavy atom. The second-order valence-corrected chi connectivity index (χ2v) is 6.14. The van der Waals surface area contributed by atoms with E-state index in [1.807, 2.05) is 0 Å². The van der Waals surface area contributed by atoms with E-state index in [9.17, 15) is 14.0 Å². The van der Waals surface area contributed by atoms with Gasteiger partial charge >= 0.3 is 0 Å². The molecule has 0 spiro atoms. The summed E-state index contributed by atoms with van der Waals surface area (Å²) in [6, 6.07) is 10.0. The molecule has 1 saturated heterocycles. The molecule has 1 fully saturated rings. The average Bonchev–Trinajstić information content (AvgIpc) is 2.91. The van der Waals surface area contributed by atoms with Crippen molar-refractivity contribution in [1.82, 2.24) is 5.32 Å². The van der Waals surface area contributed by atoms with Crippen LogP contribution in [-0.4, -0.2) is 24.4 Å². The summed E-state index contributed by atoms with van der Waals surface area (Å²) in [7, 11) is 0. The maximum atomic E-state index is 13.9. The molecule has 24 heavy (non-hydrogen) atoms. The fraction of sp³-hybridized carbons (Fsp3) is 0.176. The van der Waals surface area contributed by atoms with Gasteiger partial charge in [-0.3, -0.25) is 9.59 Å². The molecule has 7 heteroatoms. The number of halogens is 3. The zero-order valence-electron chi connectivity index (χ0n) is 12.4. The number of nitrogens with one attached hydrogen (secondary N) is 1. The number of hydrogen-bond acceptors (Lipinski definition) is 2. The molecule has 2 amide bonds. The zero-order chi connectivity index (χ0) is 17.3. The minimum Gasteiger partial charge on any atom is -0.340 e. The van der Waals surface area contributed by atoms with E-state index >= 15 is 0 Å². The minimum atomic E-state index is -0.729. The first kappa shape index (κ1) is 16.7. The molecule has 1 N–H and O–H groups in total. The number of nitrogens with zero attached hydrogens (tertiary/aromatic N) is 1. The third-order valence-corrected chi connectivity index (χ3v) is 4.67. The van der Waals surface area contributed by atoms with Gasteiger partial charge in [0.25, 0.3) is 5.91 Å². The lowest BCUT2D eigenvalue weighted by Gasteiger charge is -2.18. The van der Waals surface area contributed by atoms with Crippen molar-refractivity contribution in [2.75, 3.05) is 11.4 Å². The topological polar surface area (TPSA) is 49.4 Å². The van der Waals surface area contributed by atoms with Gasteiger partial charge in [-0.15, -0.1) is 0 Å². The van der Waals surface area contributed by atoms with E-state index in [4.69, 9.17) is 23.2 Å². The van der Waals surface area contributed by atoms with Crippen LogP contribution in [0.4, 0.5) is 10.1 Å². The molecule has 0 radical (unpaired) electrons. The van der Waals surface area contributed by atoms with Crippen LogP contribution in [0.15, 0.2) is 42.5 Å². The molecule has 1 heterocycles. The third kappa shape index (κ3) is 3.09. The Morgan fingerprint density at radius 3 is 2.67 bits per heavy atom. The molecule has 1 atom stereocenters. The highest BCUT2D eigenvalue weighted by molar-refractivity contribution is 6.43.